The van der Waals surface area contributed by atoms with Crippen LogP contribution in [0.1, 0.15) is 19.3 Å². The summed E-state index contributed by atoms with van der Waals surface area (Å²) < 4.78 is 4.66. The smallest absolute Gasteiger partial charge is 0.319 e. The Morgan fingerprint density at radius 1 is 1.20 bits per heavy atom. The SMILES string of the molecule is COC(=O)CN1CCN(C(=O)C2CCCC2CN)CC1. The molecule has 0 aromatic heterocycles. The Balaban J connectivity index is 1.81. The first-order valence-electron chi connectivity index (χ1n) is 7.43. The number of carbonyl (C=O) groups excluding carboxylic acids is 2. The molecule has 0 aromatic carbocycles. The van der Waals surface area contributed by atoms with Gasteiger partial charge >= 0.3 is 5.97 Å². The lowest BCUT2D eigenvalue weighted by Gasteiger charge is -2.36. The fourth-order valence-corrected chi connectivity index (χ4v) is 3.25. The molecule has 2 N–H and O–H groups in total. The van der Waals surface area contributed by atoms with Crippen molar-refractivity contribution in [3.8, 4) is 0 Å². The van der Waals surface area contributed by atoms with Crippen LogP contribution < -0.4 is 5.73 Å². The van der Waals surface area contributed by atoms with Crippen molar-refractivity contribution in [3.05, 3.63) is 0 Å². The number of hydrogen-bond donors (Lipinski definition) is 1. The molecule has 2 aliphatic rings. The molecule has 2 unspecified atom stereocenters. The monoisotopic (exact) mass is 283 g/mol. The number of carbonyl (C=O) groups is 2. The van der Waals surface area contributed by atoms with Crippen molar-refractivity contribution in [2.75, 3.05) is 46.4 Å². The van der Waals surface area contributed by atoms with Gasteiger partial charge in [-0.25, -0.2) is 0 Å². The molecule has 0 bridgehead atoms. The Morgan fingerprint density at radius 2 is 1.90 bits per heavy atom. The summed E-state index contributed by atoms with van der Waals surface area (Å²) in [6.07, 6.45) is 3.17. The van der Waals surface area contributed by atoms with Gasteiger partial charge < -0.3 is 15.4 Å². The second-order valence-electron chi connectivity index (χ2n) is 5.71. The van der Waals surface area contributed by atoms with Crippen molar-refractivity contribution in [1.82, 2.24) is 9.80 Å². The quantitative estimate of drug-likeness (QED) is 0.716. The van der Waals surface area contributed by atoms with E-state index in [1.54, 1.807) is 0 Å². The van der Waals surface area contributed by atoms with E-state index in [4.69, 9.17) is 5.73 Å². The molecule has 1 saturated carbocycles. The summed E-state index contributed by atoms with van der Waals surface area (Å²) in [5.41, 5.74) is 5.75. The van der Waals surface area contributed by atoms with E-state index in [0.717, 1.165) is 32.4 Å². The van der Waals surface area contributed by atoms with E-state index in [0.29, 0.717) is 32.1 Å². The topological polar surface area (TPSA) is 75.9 Å². The number of methoxy groups -OCH3 is 1. The second-order valence-corrected chi connectivity index (χ2v) is 5.71. The summed E-state index contributed by atoms with van der Waals surface area (Å²) in [4.78, 5) is 27.7. The number of amides is 1. The third-order valence-corrected chi connectivity index (χ3v) is 4.54. The Hall–Kier alpha value is -1.14. The molecular weight excluding hydrogens is 258 g/mol. The Labute approximate surface area is 120 Å². The van der Waals surface area contributed by atoms with Crippen LogP contribution >= 0.6 is 0 Å². The number of piperazine rings is 1. The largest absolute Gasteiger partial charge is 0.468 e. The lowest BCUT2D eigenvalue weighted by Crippen LogP contribution is -2.52. The minimum absolute atomic E-state index is 0.118. The summed E-state index contributed by atoms with van der Waals surface area (Å²) >= 11 is 0. The highest BCUT2D eigenvalue weighted by atomic mass is 16.5. The third-order valence-electron chi connectivity index (χ3n) is 4.54. The number of rotatable bonds is 4. The maximum atomic E-state index is 12.5. The highest BCUT2D eigenvalue weighted by Gasteiger charge is 2.35. The molecule has 0 spiro atoms. The molecule has 0 radical (unpaired) electrons. The molecule has 6 heteroatoms. The van der Waals surface area contributed by atoms with Crippen LogP contribution in [-0.2, 0) is 14.3 Å². The molecule has 1 heterocycles. The molecule has 2 rings (SSSR count). The fourth-order valence-electron chi connectivity index (χ4n) is 3.25. The maximum absolute atomic E-state index is 12.5. The average Bonchev–Trinajstić information content (AvgIpc) is 2.95. The molecule has 1 saturated heterocycles. The molecule has 1 amide bonds. The molecule has 2 fully saturated rings. The van der Waals surface area contributed by atoms with Crippen LogP contribution in [0.15, 0.2) is 0 Å². The van der Waals surface area contributed by atoms with Gasteiger partial charge in [0, 0.05) is 32.1 Å². The van der Waals surface area contributed by atoms with Crippen molar-refractivity contribution in [2.24, 2.45) is 17.6 Å². The molecule has 6 nitrogen and oxygen atoms in total. The molecule has 1 aliphatic heterocycles. The van der Waals surface area contributed by atoms with Gasteiger partial charge in [-0.1, -0.05) is 6.42 Å². The van der Waals surface area contributed by atoms with E-state index in [-0.39, 0.29) is 17.8 Å². The number of esters is 1. The zero-order chi connectivity index (χ0) is 14.5. The maximum Gasteiger partial charge on any atom is 0.319 e. The summed E-state index contributed by atoms with van der Waals surface area (Å²) in [5, 5.41) is 0. The Kier molecular flexibility index (Phi) is 5.37. The highest BCUT2D eigenvalue weighted by Crippen LogP contribution is 2.32. The van der Waals surface area contributed by atoms with Crippen LogP contribution in [0, 0.1) is 11.8 Å². The van der Waals surface area contributed by atoms with Crippen LogP contribution in [-0.4, -0.2) is 68.1 Å². The molecule has 1 aliphatic carbocycles. The van der Waals surface area contributed by atoms with E-state index in [1.165, 1.54) is 7.11 Å². The molecular formula is C14H25N3O3. The van der Waals surface area contributed by atoms with Gasteiger partial charge in [-0.05, 0) is 25.3 Å². The van der Waals surface area contributed by atoms with Gasteiger partial charge in [0.05, 0.1) is 13.7 Å². The average molecular weight is 283 g/mol. The van der Waals surface area contributed by atoms with Crippen LogP contribution in [0.4, 0.5) is 0 Å². The number of ether oxygens (including phenoxy) is 1. The van der Waals surface area contributed by atoms with Crippen molar-refractivity contribution in [2.45, 2.75) is 19.3 Å². The van der Waals surface area contributed by atoms with Crippen LogP contribution in [0.2, 0.25) is 0 Å². The lowest BCUT2D eigenvalue weighted by molar-refractivity contribution is -0.143. The van der Waals surface area contributed by atoms with Crippen molar-refractivity contribution in [1.29, 1.82) is 0 Å². The van der Waals surface area contributed by atoms with E-state index in [1.807, 2.05) is 9.80 Å². The summed E-state index contributed by atoms with van der Waals surface area (Å²) in [7, 11) is 1.40. The predicted molar refractivity (Wildman–Crippen MR) is 74.9 cm³/mol. The van der Waals surface area contributed by atoms with Crippen molar-refractivity contribution in [3.63, 3.8) is 0 Å². The van der Waals surface area contributed by atoms with Gasteiger partial charge in [-0.2, -0.15) is 0 Å². The van der Waals surface area contributed by atoms with E-state index in [9.17, 15) is 9.59 Å². The number of hydrogen-bond acceptors (Lipinski definition) is 5. The minimum Gasteiger partial charge on any atom is -0.468 e. The number of nitrogens with two attached hydrogens (primary N) is 1. The first-order valence-corrected chi connectivity index (χ1v) is 7.43. The molecule has 114 valence electrons. The second kappa shape index (κ2) is 7.04. The molecule has 0 aromatic rings. The van der Waals surface area contributed by atoms with Crippen LogP contribution in [0.3, 0.4) is 0 Å². The van der Waals surface area contributed by atoms with Gasteiger partial charge in [-0.3, -0.25) is 14.5 Å². The van der Waals surface area contributed by atoms with Crippen LogP contribution in [0.5, 0.6) is 0 Å². The van der Waals surface area contributed by atoms with Gasteiger partial charge in [0.2, 0.25) is 5.91 Å². The summed E-state index contributed by atoms with van der Waals surface area (Å²) in [6.45, 7) is 3.79. The zero-order valence-electron chi connectivity index (χ0n) is 12.2. The van der Waals surface area contributed by atoms with E-state index >= 15 is 0 Å². The highest BCUT2D eigenvalue weighted by molar-refractivity contribution is 5.79. The summed E-state index contributed by atoms with van der Waals surface area (Å²) in [6, 6.07) is 0. The first kappa shape index (κ1) is 15.3. The van der Waals surface area contributed by atoms with Crippen molar-refractivity contribution >= 4 is 11.9 Å². The lowest BCUT2D eigenvalue weighted by atomic mass is 9.94. The van der Waals surface area contributed by atoms with Gasteiger partial charge in [0.15, 0.2) is 0 Å². The van der Waals surface area contributed by atoms with Gasteiger partial charge in [0.25, 0.3) is 0 Å². The standard InChI is InChI=1S/C14H25N3O3/c1-20-13(18)10-16-5-7-17(8-6-16)14(19)12-4-2-3-11(12)9-15/h11-12H,2-10,15H2,1H3. The predicted octanol–water partition coefficient (Wildman–Crippen LogP) is -0.321. The summed E-state index contributed by atoms with van der Waals surface area (Å²) in [5.74, 6) is 0.516. The van der Waals surface area contributed by atoms with Gasteiger partial charge in [0.1, 0.15) is 0 Å². The number of nitrogens with zero attached hydrogens (tertiary/aromatic N) is 2. The fraction of sp³-hybridized carbons (Fsp3) is 0.857. The zero-order valence-corrected chi connectivity index (χ0v) is 12.2. The minimum atomic E-state index is -0.219. The first-order chi connectivity index (χ1) is 9.65. The van der Waals surface area contributed by atoms with Crippen LogP contribution in [0.25, 0.3) is 0 Å². The normalized spacial score (nSPS) is 27.6. The van der Waals surface area contributed by atoms with Gasteiger partial charge in [-0.15, -0.1) is 0 Å². The Morgan fingerprint density at radius 3 is 2.50 bits per heavy atom. The Bertz CT molecular complexity index is 354. The molecule has 2 atom stereocenters. The van der Waals surface area contributed by atoms with Crippen molar-refractivity contribution < 1.29 is 14.3 Å². The third kappa shape index (κ3) is 3.49. The van der Waals surface area contributed by atoms with E-state index in [2.05, 4.69) is 4.74 Å². The molecule has 20 heavy (non-hydrogen) atoms. The van der Waals surface area contributed by atoms with E-state index < -0.39 is 0 Å².